The van der Waals surface area contributed by atoms with Crippen molar-refractivity contribution in [1.82, 2.24) is 0 Å². The predicted octanol–water partition coefficient (Wildman–Crippen LogP) is 8.46. The van der Waals surface area contributed by atoms with Crippen LogP contribution in [0.15, 0.2) is 48.6 Å². The van der Waals surface area contributed by atoms with Crippen molar-refractivity contribution >= 4 is 5.97 Å². The molecule has 0 atom stereocenters. The molecule has 0 heterocycles. The van der Waals surface area contributed by atoms with Crippen LogP contribution in [0.2, 0.25) is 0 Å². The molecule has 0 radical (unpaired) electrons. The fourth-order valence-electron chi connectivity index (χ4n) is 4.72. The van der Waals surface area contributed by atoms with Crippen molar-refractivity contribution in [3.8, 4) is 11.5 Å². The fourth-order valence-corrected chi connectivity index (χ4v) is 4.72. The third-order valence-electron chi connectivity index (χ3n) is 6.82. The zero-order chi connectivity index (χ0) is 25.0. The number of aryl methyl sites for hydroxylation is 1. The molecule has 0 amide bonds. The smallest absolute Gasteiger partial charge is 0.343 e. The maximum Gasteiger partial charge on any atom is 0.343 e. The number of carbonyl (C=O) groups is 1. The molecule has 35 heavy (non-hydrogen) atoms. The maximum absolute atomic E-state index is 14.2. The summed E-state index contributed by atoms with van der Waals surface area (Å²) in [5.41, 5.74) is 1.40. The van der Waals surface area contributed by atoms with Gasteiger partial charge in [0.1, 0.15) is 0 Å². The molecule has 0 spiro atoms. The molecule has 1 fully saturated rings. The van der Waals surface area contributed by atoms with Gasteiger partial charge in [-0.2, -0.15) is 8.78 Å². The van der Waals surface area contributed by atoms with E-state index >= 15 is 0 Å². The van der Waals surface area contributed by atoms with E-state index in [0.717, 1.165) is 24.3 Å². The minimum Gasteiger partial charge on any atom is -0.491 e. The molecule has 3 nitrogen and oxygen atoms in total. The Morgan fingerprint density at radius 1 is 0.943 bits per heavy atom. The third-order valence-corrected chi connectivity index (χ3v) is 6.82. The van der Waals surface area contributed by atoms with Crippen molar-refractivity contribution in [1.29, 1.82) is 0 Å². The molecular formula is C30H38F2O3. The van der Waals surface area contributed by atoms with Crippen LogP contribution in [0.25, 0.3) is 0 Å². The number of halogens is 2. The first-order valence-electron chi connectivity index (χ1n) is 13.1. The van der Waals surface area contributed by atoms with Crippen LogP contribution in [0.5, 0.6) is 11.5 Å². The molecule has 3 rings (SSSR count). The normalized spacial score (nSPS) is 18.1. The Hall–Kier alpha value is -2.69. The van der Waals surface area contributed by atoms with Crippen molar-refractivity contribution in [3.05, 3.63) is 71.3 Å². The number of carbonyl (C=O) groups excluding carboxylic acids is 1. The third kappa shape index (κ3) is 8.19. The fraction of sp³-hybridized carbons (Fsp3) is 0.500. The summed E-state index contributed by atoms with van der Waals surface area (Å²) in [6.07, 6.45) is 17.3. The summed E-state index contributed by atoms with van der Waals surface area (Å²) in [6, 6.07) is 9.51. The summed E-state index contributed by atoms with van der Waals surface area (Å²) in [4.78, 5) is 12.4. The van der Waals surface area contributed by atoms with E-state index in [4.69, 9.17) is 9.47 Å². The zero-order valence-corrected chi connectivity index (χ0v) is 21.0. The largest absolute Gasteiger partial charge is 0.491 e. The van der Waals surface area contributed by atoms with Gasteiger partial charge in [0, 0.05) is 0 Å². The number of hydrogen-bond acceptors (Lipinski definition) is 3. The lowest BCUT2D eigenvalue weighted by Crippen LogP contribution is -2.13. The number of esters is 1. The number of rotatable bonds is 12. The van der Waals surface area contributed by atoms with Gasteiger partial charge in [-0.25, -0.2) is 4.79 Å². The Morgan fingerprint density at radius 2 is 1.63 bits per heavy atom. The highest BCUT2D eigenvalue weighted by Gasteiger charge is 2.20. The highest BCUT2D eigenvalue weighted by molar-refractivity contribution is 5.91. The van der Waals surface area contributed by atoms with Crippen molar-refractivity contribution in [2.24, 2.45) is 11.8 Å². The van der Waals surface area contributed by atoms with Gasteiger partial charge in [-0.3, -0.25) is 0 Å². The van der Waals surface area contributed by atoms with Crippen molar-refractivity contribution in [2.45, 2.75) is 78.1 Å². The molecule has 0 aromatic heterocycles. The first kappa shape index (κ1) is 26.9. The first-order chi connectivity index (χ1) is 17.0. The second-order valence-electron chi connectivity index (χ2n) is 9.45. The SMILES string of the molecule is CCCCC[C@H]1CC[C@H](C=CCCc2ccc(C(=O)Oc3ccc(OCC)c(F)c3F)cc2)CC1. The van der Waals surface area contributed by atoms with Crippen LogP contribution >= 0.6 is 0 Å². The quantitative estimate of drug-likeness (QED) is 0.131. The van der Waals surface area contributed by atoms with Crippen LogP contribution in [0.3, 0.4) is 0 Å². The number of benzene rings is 2. The second-order valence-corrected chi connectivity index (χ2v) is 9.45. The van der Waals surface area contributed by atoms with Gasteiger partial charge in [-0.15, -0.1) is 0 Å². The standard InChI is InChI=1S/C30H38F2O3/c1-3-5-6-9-22-12-14-23(15-13-22)10-7-8-11-24-16-18-25(19-17-24)30(33)35-27-21-20-26(34-4-2)28(31)29(27)32/h7,10,16-23H,3-6,8-9,11-15H2,1-2H3/t22-,23-. The molecule has 2 aromatic rings. The molecule has 1 saturated carbocycles. The van der Waals surface area contributed by atoms with Gasteiger partial charge >= 0.3 is 5.97 Å². The van der Waals surface area contributed by atoms with Crippen molar-refractivity contribution < 1.29 is 23.0 Å². The van der Waals surface area contributed by atoms with Gasteiger partial charge in [0.15, 0.2) is 11.5 Å². The van der Waals surface area contributed by atoms with Crippen LogP contribution in [0.4, 0.5) is 8.78 Å². The van der Waals surface area contributed by atoms with E-state index in [0.29, 0.717) is 5.92 Å². The van der Waals surface area contributed by atoms with Gasteiger partial charge in [-0.05, 0) is 87.1 Å². The van der Waals surface area contributed by atoms with Crippen LogP contribution in [0, 0.1) is 23.5 Å². The summed E-state index contributed by atoms with van der Waals surface area (Å²) < 4.78 is 38.3. The Morgan fingerprint density at radius 3 is 2.31 bits per heavy atom. The van der Waals surface area contributed by atoms with E-state index in [1.165, 1.54) is 63.5 Å². The van der Waals surface area contributed by atoms with Gasteiger partial charge < -0.3 is 9.47 Å². The summed E-state index contributed by atoms with van der Waals surface area (Å²) in [5, 5.41) is 0. The highest BCUT2D eigenvalue weighted by Crippen LogP contribution is 2.33. The molecule has 0 N–H and O–H groups in total. The van der Waals surface area contributed by atoms with Crippen LogP contribution in [-0.2, 0) is 6.42 Å². The lowest BCUT2D eigenvalue weighted by Gasteiger charge is -2.26. The molecule has 5 heteroatoms. The molecule has 0 saturated heterocycles. The summed E-state index contributed by atoms with van der Waals surface area (Å²) >= 11 is 0. The maximum atomic E-state index is 14.2. The van der Waals surface area contributed by atoms with E-state index in [-0.39, 0.29) is 17.9 Å². The summed E-state index contributed by atoms with van der Waals surface area (Å²) in [6.45, 7) is 4.14. The number of unbranched alkanes of at least 4 members (excludes halogenated alkanes) is 2. The molecule has 0 bridgehead atoms. The Balaban J connectivity index is 1.42. The van der Waals surface area contributed by atoms with Gasteiger partial charge in [0.05, 0.1) is 12.2 Å². The summed E-state index contributed by atoms with van der Waals surface area (Å²) in [5.74, 6) is -2.16. The molecule has 2 aromatic carbocycles. The minimum atomic E-state index is -1.24. The molecule has 0 aliphatic heterocycles. The lowest BCUT2D eigenvalue weighted by molar-refractivity contribution is 0.0726. The van der Waals surface area contributed by atoms with E-state index < -0.39 is 23.4 Å². The average Bonchev–Trinajstić information content (AvgIpc) is 2.88. The summed E-state index contributed by atoms with van der Waals surface area (Å²) in [7, 11) is 0. The van der Waals surface area contributed by atoms with Gasteiger partial charge in [-0.1, -0.05) is 56.9 Å². The molecule has 1 aliphatic carbocycles. The lowest BCUT2D eigenvalue weighted by atomic mass is 9.79. The van der Waals surface area contributed by atoms with Crippen molar-refractivity contribution in [3.63, 3.8) is 0 Å². The molecule has 1 aliphatic rings. The minimum absolute atomic E-state index is 0.206. The predicted molar refractivity (Wildman–Crippen MR) is 136 cm³/mol. The Kier molecular flexibility index (Phi) is 10.8. The molecule has 0 unspecified atom stereocenters. The number of ether oxygens (including phenoxy) is 2. The van der Waals surface area contributed by atoms with Crippen LogP contribution in [-0.4, -0.2) is 12.6 Å². The van der Waals surface area contributed by atoms with E-state index in [9.17, 15) is 13.6 Å². The monoisotopic (exact) mass is 484 g/mol. The zero-order valence-electron chi connectivity index (χ0n) is 21.0. The van der Waals surface area contributed by atoms with Crippen LogP contribution < -0.4 is 9.47 Å². The Labute approximate surface area is 208 Å². The first-order valence-corrected chi connectivity index (χ1v) is 13.1. The second kappa shape index (κ2) is 14.0. The molecule has 190 valence electrons. The van der Waals surface area contributed by atoms with Gasteiger partial charge in [0.2, 0.25) is 11.6 Å². The number of allylic oxidation sites excluding steroid dienone is 2. The van der Waals surface area contributed by atoms with Crippen molar-refractivity contribution in [2.75, 3.05) is 6.61 Å². The average molecular weight is 485 g/mol. The topological polar surface area (TPSA) is 35.5 Å². The molecular weight excluding hydrogens is 446 g/mol. The van der Waals surface area contributed by atoms with E-state index in [2.05, 4.69) is 19.1 Å². The van der Waals surface area contributed by atoms with E-state index in [1.54, 1.807) is 19.1 Å². The Bertz CT molecular complexity index is 960. The highest BCUT2D eigenvalue weighted by atomic mass is 19.2. The number of hydrogen-bond donors (Lipinski definition) is 0. The van der Waals surface area contributed by atoms with E-state index in [1.807, 2.05) is 12.1 Å². The van der Waals surface area contributed by atoms with Crippen LogP contribution in [0.1, 0.15) is 87.6 Å². The van der Waals surface area contributed by atoms with Gasteiger partial charge in [0.25, 0.3) is 0 Å².